The zero-order valence-electron chi connectivity index (χ0n) is 20.3. The first-order valence-electron chi connectivity index (χ1n) is 11.5. The number of aryl methyl sites for hydroxylation is 2. The molecule has 0 aliphatic rings. The Morgan fingerprint density at radius 2 is 1.86 bits per heavy atom. The minimum Gasteiger partial charge on any atom is -0.389 e. The number of hydrogen-bond acceptors (Lipinski definition) is 8. The fourth-order valence-corrected chi connectivity index (χ4v) is 3.56. The summed E-state index contributed by atoms with van der Waals surface area (Å²) >= 11 is 0. The molecule has 35 heavy (non-hydrogen) atoms. The molecule has 0 radical (unpaired) electrons. The Hall–Kier alpha value is -4.27. The number of rotatable bonds is 11. The number of benzene rings is 2. The minimum atomic E-state index is 0.224. The van der Waals surface area contributed by atoms with E-state index in [2.05, 4.69) is 55.2 Å². The molecule has 0 aliphatic carbocycles. The molecule has 0 saturated heterocycles. The smallest absolute Gasteiger partial charge is 0.204 e. The van der Waals surface area contributed by atoms with E-state index in [4.69, 9.17) is 4.84 Å². The predicted octanol–water partition coefficient (Wildman–Crippen LogP) is 3.69. The molecule has 0 aliphatic heterocycles. The minimum absolute atomic E-state index is 0.224. The van der Waals surface area contributed by atoms with Crippen LogP contribution in [0.5, 0.6) is 0 Å². The van der Waals surface area contributed by atoms with Crippen molar-refractivity contribution >= 4 is 17.2 Å². The van der Waals surface area contributed by atoms with Crippen LogP contribution in [0, 0.1) is 0 Å². The summed E-state index contributed by atoms with van der Waals surface area (Å²) in [5, 5.41) is 19.6. The van der Waals surface area contributed by atoms with Crippen LogP contribution in [0.2, 0.25) is 0 Å². The molecule has 0 fully saturated rings. The zero-order chi connectivity index (χ0) is 24.5. The van der Waals surface area contributed by atoms with Gasteiger partial charge in [0.25, 0.3) is 0 Å². The molecule has 0 bridgehead atoms. The van der Waals surface area contributed by atoms with E-state index in [0.717, 1.165) is 42.1 Å². The van der Waals surface area contributed by atoms with E-state index in [1.54, 1.807) is 11.7 Å². The molecule has 2 aromatic heterocycles. The Bertz CT molecular complexity index is 1250. The Kier molecular flexibility index (Phi) is 8.00. The van der Waals surface area contributed by atoms with Crippen LogP contribution in [0.15, 0.2) is 78.0 Å². The number of aromatic nitrogens is 5. The third-order valence-electron chi connectivity index (χ3n) is 5.43. The first-order chi connectivity index (χ1) is 17.1. The largest absolute Gasteiger partial charge is 0.389 e. The number of nitrogens with zero attached hydrogens (tertiary/aromatic N) is 7. The Balaban J connectivity index is 1.40. The summed E-state index contributed by atoms with van der Waals surface area (Å²) in [6, 6.07) is 24.3. The van der Waals surface area contributed by atoms with Crippen LogP contribution < -0.4 is 10.2 Å². The molecule has 0 amide bonds. The maximum Gasteiger partial charge on any atom is 0.204 e. The van der Waals surface area contributed by atoms with Crippen LogP contribution >= 0.6 is 0 Å². The van der Waals surface area contributed by atoms with E-state index >= 15 is 0 Å². The standard InChI is InChI=1S/C26H30N8O/c1-33(2)23-15-7-13-21(18-23)25(26-29-31-32-34(26)3)30-35-19-22-14-8-16-24(28-22)27-17-9-12-20-10-5-4-6-11-20/h4-8,10-11,13-16,18H,9,12,17,19H2,1-3H3,(H,27,28)/b30-25+. The topological polar surface area (TPSA) is 93.3 Å². The summed E-state index contributed by atoms with van der Waals surface area (Å²) in [4.78, 5) is 12.4. The highest BCUT2D eigenvalue weighted by Gasteiger charge is 2.16. The highest BCUT2D eigenvalue weighted by atomic mass is 16.6. The number of nitrogens with one attached hydrogen (secondary N) is 1. The molecule has 4 rings (SSSR count). The van der Waals surface area contributed by atoms with E-state index in [-0.39, 0.29) is 6.61 Å². The fraction of sp³-hybridized carbons (Fsp3) is 0.269. The average Bonchev–Trinajstić information content (AvgIpc) is 3.31. The van der Waals surface area contributed by atoms with E-state index in [1.165, 1.54) is 5.56 Å². The number of anilines is 2. The molecule has 0 unspecified atom stereocenters. The summed E-state index contributed by atoms with van der Waals surface area (Å²) in [6.07, 6.45) is 2.05. The number of oxime groups is 1. The van der Waals surface area contributed by atoms with Crippen LogP contribution in [0.25, 0.3) is 0 Å². The van der Waals surface area contributed by atoms with Crippen molar-refractivity contribution in [2.24, 2.45) is 12.2 Å². The second-order valence-electron chi connectivity index (χ2n) is 8.31. The van der Waals surface area contributed by atoms with Gasteiger partial charge in [-0.05, 0) is 53.1 Å². The molecule has 1 N–H and O–H groups in total. The summed E-state index contributed by atoms with van der Waals surface area (Å²) in [6.45, 7) is 1.07. The Morgan fingerprint density at radius 3 is 2.63 bits per heavy atom. The van der Waals surface area contributed by atoms with Gasteiger partial charge in [0.2, 0.25) is 5.82 Å². The first-order valence-corrected chi connectivity index (χ1v) is 11.5. The first kappa shape index (κ1) is 23.9. The third-order valence-corrected chi connectivity index (χ3v) is 5.43. The SMILES string of the molecule is CN(C)c1cccc(/C(=N\OCc2cccc(NCCCc3ccccc3)n2)c2nnnn2C)c1. The summed E-state index contributed by atoms with van der Waals surface area (Å²) in [7, 11) is 5.75. The molecule has 4 aromatic rings. The van der Waals surface area contributed by atoms with Crippen molar-refractivity contribution in [1.82, 2.24) is 25.2 Å². The molecule has 180 valence electrons. The average molecular weight is 471 g/mol. The van der Waals surface area contributed by atoms with Crippen molar-refractivity contribution in [3.63, 3.8) is 0 Å². The highest BCUT2D eigenvalue weighted by molar-refractivity contribution is 6.10. The van der Waals surface area contributed by atoms with Gasteiger partial charge in [0.15, 0.2) is 12.3 Å². The second kappa shape index (κ2) is 11.7. The lowest BCUT2D eigenvalue weighted by Gasteiger charge is -2.14. The predicted molar refractivity (Wildman–Crippen MR) is 137 cm³/mol. The molecular weight excluding hydrogens is 440 g/mol. The van der Waals surface area contributed by atoms with E-state index in [1.807, 2.05) is 67.5 Å². The number of tetrazole rings is 1. The van der Waals surface area contributed by atoms with Crippen molar-refractivity contribution < 1.29 is 4.84 Å². The van der Waals surface area contributed by atoms with Gasteiger partial charge in [-0.15, -0.1) is 5.10 Å². The molecule has 9 nitrogen and oxygen atoms in total. The van der Waals surface area contributed by atoms with Crippen LogP contribution in [-0.4, -0.2) is 51.5 Å². The molecule has 2 heterocycles. The van der Waals surface area contributed by atoms with Crippen molar-refractivity contribution in [2.45, 2.75) is 19.4 Å². The van der Waals surface area contributed by atoms with Gasteiger partial charge < -0.3 is 15.1 Å². The maximum absolute atomic E-state index is 5.73. The highest BCUT2D eigenvalue weighted by Crippen LogP contribution is 2.17. The Morgan fingerprint density at radius 1 is 1.03 bits per heavy atom. The number of hydrogen-bond donors (Lipinski definition) is 1. The van der Waals surface area contributed by atoms with Crippen LogP contribution in [0.3, 0.4) is 0 Å². The van der Waals surface area contributed by atoms with Crippen molar-refractivity contribution in [3.8, 4) is 0 Å². The van der Waals surface area contributed by atoms with Crippen LogP contribution in [0.4, 0.5) is 11.5 Å². The van der Waals surface area contributed by atoms with Gasteiger partial charge in [-0.3, -0.25) is 0 Å². The van der Waals surface area contributed by atoms with Gasteiger partial charge in [0, 0.05) is 38.9 Å². The lowest BCUT2D eigenvalue weighted by atomic mass is 10.1. The summed E-state index contributed by atoms with van der Waals surface area (Å²) < 4.78 is 1.57. The van der Waals surface area contributed by atoms with Gasteiger partial charge >= 0.3 is 0 Å². The molecule has 0 spiro atoms. The lowest BCUT2D eigenvalue weighted by molar-refractivity contribution is 0.128. The summed E-state index contributed by atoms with van der Waals surface area (Å²) in [5.74, 6) is 1.34. The normalized spacial score (nSPS) is 11.3. The Labute approximate surface area is 205 Å². The molecule has 0 atom stereocenters. The van der Waals surface area contributed by atoms with E-state index < -0.39 is 0 Å². The van der Waals surface area contributed by atoms with Gasteiger partial charge in [0.05, 0.1) is 5.69 Å². The van der Waals surface area contributed by atoms with Crippen LogP contribution in [0.1, 0.15) is 29.1 Å². The molecular formula is C26H30N8O. The molecule has 0 saturated carbocycles. The van der Waals surface area contributed by atoms with Crippen molar-refractivity contribution in [2.75, 3.05) is 30.9 Å². The molecule has 2 aromatic carbocycles. The van der Waals surface area contributed by atoms with E-state index in [9.17, 15) is 0 Å². The van der Waals surface area contributed by atoms with Gasteiger partial charge in [-0.25, -0.2) is 9.67 Å². The fourth-order valence-electron chi connectivity index (χ4n) is 3.56. The lowest BCUT2D eigenvalue weighted by Crippen LogP contribution is -2.14. The monoisotopic (exact) mass is 470 g/mol. The third kappa shape index (κ3) is 6.63. The van der Waals surface area contributed by atoms with Crippen molar-refractivity contribution in [3.05, 3.63) is 95.4 Å². The zero-order valence-corrected chi connectivity index (χ0v) is 20.3. The van der Waals surface area contributed by atoms with E-state index in [0.29, 0.717) is 11.5 Å². The quantitative estimate of drug-likeness (QED) is 0.203. The van der Waals surface area contributed by atoms with Crippen LogP contribution in [-0.2, 0) is 24.9 Å². The number of pyridine rings is 1. The van der Waals surface area contributed by atoms with Crippen molar-refractivity contribution in [1.29, 1.82) is 0 Å². The second-order valence-corrected chi connectivity index (χ2v) is 8.31. The summed E-state index contributed by atoms with van der Waals surface area (Å²) in [5.41, 5.74) is 4.57. The maximum atomic E-state index is 5.73. The van der Waals surface area contributed by atoms with Gasteiger partial charge in [-0.1, -0.05) is 53.7 Å². The van der Waals surface area contributed by atoms with Gasteiger partial charge in [-0.2, -0.15) is 0 Å². The molecule has 9 heteroatoms. The van der Waals surface area contributed by atoms with Gasteiger partial charge in [0.1, 0.15) is 5.82 Å².